The molecule has 4 nitrogen and oxygen atoms in total. The molecule has 0 aliphatic carbocycles. The van der Waals surface area contributed by atoms with E-state index < -0.39 is 0 Å². The number of carbonyl (C=O) groups excluding carboxylic acids is 2. The molecule has 132 valence electrons. The lowest BCUT2D eigenvalue weighted by atomic mass is 10.2. The van der Waals surface area contributed by atoms with Gasteiger partial charge < -0.3 is 10.6 Å². The molecule has 0 saturated carbocycles. The zero-order valence-electron chi connectivity index (χ0n) is 14.2. The average molecular weight is 383 g/mol. The van der Waals surface area contributed by atoms with Crippen molar-refractivity contribution in [2.45, 2.75) is 17.6 Å². The number of benzene rings is 2. The highest BCUT2D eigenvalue weighted by atomic mass is 32.2. The van der Waals surface area contributed by atoms with Gasteiger partial charge in [0, 0.05) is 28.9 Å². The van der Waals surface area contributed by atoms with Crippen LogP contribution in [0.2, 0.25) is 0 Å². The Morgan fingerprint density at radius 3 is 2.50 bits per heavy atom. The van der Waals surface area contributed by atoms with Crippen LogP contribution in [0.1, 0.15) is 22.8 Å². The summed E-state index contributed by atoms with van der Waals surface area (Å²) in [6.07, 6.45) is 0. The van der Waals surface area contributed by atoms with Crippen molar-refractivity contribution in [3.8, 4) is 0 Å². The Bertz CT molecular complexity index is 908. The van der Waals surface area contributed by atoms with Gasteiger partial charge in [0.15, 0.2) is 0 Å². The van der Waals surface area contributed by atoms with E-state index in [0.717, 1.165) is 10.6 Å². The van der Waals surface area contributed by atoms with Gasteiger partial charge in [-0.2, -0.15) is 11.3 Å². The molecule has 2 amide bonds. The van der Waals surface area contributed by atoms with E-state index in [1.165, 1.54) is 12.5 Å². The first kappa shape index (κ1) is 18.2. The second-order valence-corrected chi connectivity index (χ2v) is 7.43. The Labute approximate surface area is 160 Å². The number of thiophene rings is 1. The van der Waals surface area contributed by atoms with Crippen molar-refractivity contribution in [2.24, 2.45) is 0 Å². The summed E-state index contributed by atoms with van der Waals surface area (Å²) in [5.41, 5.74) is 3.17. The molecule has 0 bridgehead atoms. The van der Waals surface area contributed by atoms with Crippen molar-refractivity contribution in [3.63, 3.8) is 0 Å². The molecule has 0 aliphatic heterocycles. The zero-order valence-corrected chi connectivity index (χ0v) is 15.8. The van der Waals surface area contributed by atoms with E-state index in [0.29, 0.717) is 16.9 Å². The maximum absolute atomic E-state index is 12.7. The smallest absolute Gasteiger partial charge is 0.256 e. The van der Waals surface area contributed by atoms with Crippen molar-refractivity contribution < 1.29 is 9.59 Å². The third-order valence-corrected chi connectivity index (χ3v) is 5.42. The lowest BCUT2D eigenvalue weighted by Crippen LogP contribution is -2.13. The van der Waals surface area contributed by atoms with Crippen molar-refractivity contribution in [2.75, 3.05) is 10.6 Å². The highest BCUT2D eigenvalue weighted by molar-refractivity contribution is 7.98. The molecule has 1 aromatic heterocycles. The summed E-state index contributed by atoms with van der Waals surface area (Å²) in [4.78, 5) is 24.8. The maximum atomic E-state index is 12.7. The van der Waals surface area contributed by atoms with Gasteiger partial charge in [0.1, 0.15) is 0 Å². The fourth-order valence-corrected chi connectivity index (χ4v) is 4.16. The van der Waals surface area contributed by atoms with Crippen LogP contribution < -0.4 is 10.6 Å². The van der Waals surface area contributed by atoms with Gasteiger partial charge >= 0.3 is 0 Å². The number of anilines is 2. The Morgan fingerprint density at radius 1 is 1.00 bits per heavy atom. The van der Waals surface area contributed by atoms with Gasteiger partial charge in [0.25, 0.3) is 5.91 Å². The lowest BCUT2D eigenvalue weighted by molar-refractivity contribution is -0.114. The molecule has 3 aromatic rings. The third-order valence-electron chi connectivity index (χ3n) is 3.55. The summed E-state index contributed by atoms with van der Waals surface area (Å²) in [6, 6.07) is 16.8. The van der Waals surface area contributed by atoms with Crippen molar-refractivity contribution in [1.82, 2.24) is 0 Å². The van der Waals surface area contributed by atoms with Crippen LogP contribution in [-0.4, -0.2) is 11.8 Å². The van der Waals surface area contributed by atoms with Crippen LogP contribution >= 0.6 is 23.1 Å². The summed E-state index contributed by atoms with van der Waals surface area (Å²) >= 11 is 3.31. The van der Waals surface area contributed by atoms with Gasteiger partial charge in [-0.1, -0.05) is 18.2 Å². The van der Waals surface area contributed by atoms with Gasteiger partial charge in [-0.05, 0) is 52.7 Å². The van der Waals surface area contributed by atoms with Gasteiger partial charge in [0.05, 0.1) is 5.56 Å². The van der Waals surface area contributed by atoms with Crippen LogP contribution in [0.25, 0.3) is 0 Å². The van der Waals surface area contributed by atoms with E-state index in [2.05, 4.69) is 27.5 Å². The Hall–Kier alpha value is -2.57. The average Bonchev–Trinajstić information content (AvgIpc) is 3.13. The first-order valence-corrected chi connectivity index (χ1v) is 9.96. The predicted molar refractivity (Wildman–Crippen MR) is 109 cm³/mol. The Kier molecular flexibility index (Phi) is 6.09. The predicted octanol–water partition coefficient (Wildman–Crippen LogP) is 5.25. The summed E-state index contributed by atoms with van der Waals surface area (Å²) < 4.78 is 0. The first-order valence-electron chi connectivity index (χ1n) is 8.04. The molecular formula is C20H18N2O2S2. The van der Waals surface area contributed by atoms with Crippen molar-refractivity contribution in [1.29, 1.82) is 0 Å². The number of amides is 2. The van der Waals surface area contributed by atoms with Gasteiger partial charge in [-0.3, -0.25) is 9.59 Å². The highest BCUT2D eigenvalue weighted by Crippen LogP contribution is 2.28. The number of hydrogen-bond acceptors (Lipinski definition) is 4. The van der Waals surface area contributed by atoms with Crippen LogP contribution in [0, 0.1) is 0 Å². The van der Waals surface area contributed by atoms with Gasteiger partial charge in [0.2, 0.25) is 5.91 Å². The fourth-order valence-electron chi connectivity index (χ4n) is 2.39. The van der Waals surface area contributed by atoms with Gasteiger partial charge in [-0.15, -0.1) is 11.8 Å². The summed E-state index contributed by atoms with van der Waals surface area (Å²) in [7, 11) is 0. The highest BCUT2D eigenvalue weighted by Gasteiger charge is 2.12. The minimum atomic E-state index is -0.168. The van der Waals surface area contributed by atoms with Crippen LogP contribution in [0.4, 0.5) is 11.4 Å². The molecule has 0 unspecified atom stereocenters. The van der Waals surface area contributed by atoms with Crippen molar-refractivity contribution >= 4 is 46.3 Å². The summed E-state index contributed by atoms with van der Waals surface area (Å²) in [5.74, 6) is 0.508. The van der Waals surface area contributed by atoms with Crippen LogP contribution in [0.5, 0.6) is 0 Å². The number of hydrogen-bond donors (Lipinski definition) is 2. The quantitative estimate of drug-likeness (QED) is 0.572. The molecule has 3 rings (SSSR count). The molecular weight excluding hydrogens is 364 g/mol. The molecule has 0 fully saturated rings. The second kappa shape index (κ2) is 8.69. The molecule has 2 N–H and O–H groups in total. The number of carbonyl (C=O) groups is 2. The molecule has 0 spiro atoms. The molecule has 1 heterocycles. The zero-order chi connectivity index (χ0) is 18.4. The minimum absolute atomic E-state index is 0.149. The van der Waals surface area contributed by atoms with E-state index in [-0.39, 0.29) is 11.8 Å². The van der Waals surface area contributed by atoms with Crippen LogP contribution in [-0.2, 0) is 10.5 Å². The SMILES string of the molecule is CC(=O)Nc1cccc(NC(=O)c2ccccc2SCc2ccsc2)c1. The Morgan fingerprint density at radius 2 is 1.77 bits per heavy atom. The molecule has 26 heavy (non-hydrogen) atoms. The van der Waals surface area contributed by atoms with E-state index in [1.54, 1.807) is 47.4 Å². The summed E-state index contributed by atoms with van der Waals surface area (Å²) in [6.45, 7) is 1.45. The molecule has 0 radical (unpaired) electrons. The van der Waals surface area contributed by atoms with Crippen molar-refractivity contribution in [3.05, 3.63) is 76.5 Å². The lowest BCUT2D eigenvalue weighted by Gasteiger charge is -2.11. The van der Waals surface area contributed by atoms with Crippen LogP contribution in [0.3, 0.4) is 0 Å². The number of rotatable bonds is 6. The minimum Gasteiger partial charge on any atom is -0.326 e. The standard InChI is InChI=1S/C20H18N2O2S2/c1-14(23)21-16-5-4-6-17(11-16)22-20(24)18-7-2-3-8-19(18)26-13-15-9-10-25-12-15/h2-12H,13H2,1H3,(H,21,23)(H,22,24). The second-order valence-electron chi connectivity index (χ2n) is 5.63. The van der Waals surface area contributed by atoms with Gasteiger partial charge in [-0.25, -0.2) is 0 Å². The summed E-state index contributed by atoms with van der Waals surface area (Å²) in [5, 5.41) is 9.78. The molecule has 0 aliphatic rings. The Balaban J connectivity index is 1.72. The normalized spacial score (nSPS) is 10.3. The molecule has 6 heteroatoms. The fraction of sp³-hybridized carbons (Fsp3) is 0.100. The van der Waals surface area contributed by atoms with E-state index in [4.69, 9.17) is 0 Å². The third kappa shape index (κ3) is 4.97. The maximum Gasteiger partial charge on any atom is 0.256 e. The monoisotopic (exact) mass is 382 g/mol. The van der Waals surface area contributed by atoms with E-state index in [1.807, 2.05) is 24.3 Å². The van der Waals surface area contributed by atoms with Crippen LogP contribution in [0.15, 0.2) is 70.3 Å². The van der Waals surface area contributed by atoms with E-state index in [9.17, 15) is 9.59 Å². The first-order chi connectivity index (χ1) is 12.6. The largest absolute Gasteiger partial charge is 0.326 e. The molecule has 0 saturated heterocycles. The number of nitrogens with one attached hydrogen (secondary N) is 2. The number of thioether (sulfide) groups is 1. The van der Waals surface area contributed by atoms with E-state index >= 15 is 0 Å². The topological polar surface area (TPSA) is 58.2 Å². The molecule has 0 atom stereocenters. The molecule has 2 aromatic carbocycles.